The zero-order chi connectivity index (χ0) is 29.1. The number of likely N-dealkylation sites (N-methyl/N-ethyl adjacent to an activating group) is 1. The number of hydrogen-bond donors (Lipinski definition) is 3. The molecule has 0 aliphatic heterocycles. The molecule has 0 aliphatic carbocycles. The third-order valence-corrected chi connectivity index (χ3v) is 7.09. The second-order valence-electron chi connectivity index (χ2n) is 8.39. The third kappa shape index (κ3) is 8.92. The summed E-state index contributed by atoms with van der Waals surface area (Å²) in [6, 6.07) is 19.1. The van der Waals surface area contributed by atoms with Crippen molar-refractivity contribution < 1.29 is 32.3 Å². The number of benzene rings is 3. The Morgan fingerprint density at radius 3 is 2.02 bits per heavy atom. The van der Waals surface area contributed by atoms with Gasteiger partial charge in [-0.05, 0) is 78.4 Å². The normalized spacial score (nSPS) is 11.2. The number of hydrazone groups is 1. The summed E-state index contributed by atoms with van der Waals surface area (Å²) in [5.41, 5.74) is 3.99. The van der Waals surface area contributed by atoms with Gasteiger partial charge < -0.3 is 20.1 Å². The van der Waals surface area contributed by atoms with E-state index in [0.29, 0.717) is 28.4 Å². The molecule has 0 aliphatic rings. The monoisotopic (exact) mass is 567 g/mol. The van der Waals surface area contributed by atoms with Crippen molar-refractivity contribution in [2.24, 2.45) is 5.10 Å². The first kappa shape index (κ1) is 29.8. The fourth-order valence-electron chi connectivity index (χ4n) is 3.27. The van der Waals surface area contributed by atoms with E-state index in [9.17, 15) is 22.8 Å². The first-order valence-corrected chi connectivity index (χ1v) is 13.3. The van der Waals surface area contributed by atoms with Crippen LogP contribution >= 0.6 is 0 Å². The number of amides is 3. The number of carbonyl (C=O) groups is 3. The summed E-state index contributed by atoms with van der Waals surface area (Å²) in [7, 11) is -1.10. The quantitative estimate of drug-likeness (QED) is 0.224. The molecule has 0 bridgehead atoms. The first-order valence-electron chi connectivity index (χ1n) is 11.9. The lowest BCUT2D eigenvalue weighted by atomic mass is 10.2. The molecule has 0 unspecified atom stereocenters. The van der Waals surface area contributed by atoms with Crippen molar-refractivity contribution in [2.45, 2.75) is 11.8 Å². The highest BCUT2D eigenvalue weighted by molar-refractivity contribution is 7.89. The highest BCUT2D eigenvalue weighted by atomic mass is 32.2. The van der Waals surface area contributed by atoms with E-state index in [2.05, 4.69) is 21.2 Å². The minimum Gasteiger partial charge on any atom is -0.497 e. The fraction of sp³-hybridized carbons (Fsp3) is 0.185. The fourth-order valence-corrected chi connectivity index (χ4v) is 4.39. The zero-order valence-corrected chi connectivity index (χ0v) is 22.9. The second kappa shape index (κ2) is 13.9. The Morgan fingerprint density at radius 1 is 0.850 bits per heavy atom. The lowest BCUT2D eigenvalue weighted by Crippen LogP contribution is -2.36. The molecular formula is C27H29N5O7S. The molecular weight excluding hydrogens is 538 g/mol. The summed E-state index contributed by atoms with van der Waals surface area (Å²) in [4.78, 5) is 35.4. The molecule has 3 N–H and O–H groups in total. The maximum Gasteiger partial charge on any atom is 0.262 e. The number of sulfonamides is 1. The molecule has 3 aromatic rings. The van der Waals surface area contributed by atoms with E-state index in [1.807, 2.05) is 0 Å². The average molecular weight is 568 g/mol. The number of rotatable bonds is 12. The summed E-state index contributed by atoms with van der Waals surface area (Å²) in [6.07, 6.45) is 1.38. The van der Waals surface area contributed by atoms with Crippen molar-refractivity contribution in [1.29, 1.82) is 0 Å². The number of hydrogen-bond acceptors (Lipinski definition) is 8. The van der Waals surface area contributed by atoms with Gasteiger partial charge in [0.25, 0.3) is 11.8 Å². The van der Waals surface area contributed by atoms with Crippen molar-refractivity contribution in [3.63, 3.8) is 0 Å². The highest BCUT2D eigenvalue weighted by Crippen LogP contribution is 2.18. The lowest BCUT2D eigenvalue weighted by molar-refractivity contribution is -0.121. The smallest absolute Gasteiger partial charge is 0.262 e. The summed E-state index contributed by atoms with van der Waals surface area (Å²) >= 11 is 0. The highest BCUT2D eigenvalue weighted by Gasteiger charge is 2.22. The van der Waals surface area contributed by atoms with E-state index in [-0.39, 0.29) is 23.3 Å². The number of nitrogens with zero attached hydrogens (tertiary/aromatic N) is 2. The molecule has 0 spiro atoms. The predicted octanol–water partition coefficient (Wildman–Crippen LogP) is 2.44. The molecule has 0 heterocycles. The Labute approximate surface area is 232 Å². The number of anilines is 2. The third-order valence-electron chi connectivity index (χ3n) is 5.28. The van der Waals surface area contributed by atoms with Crippen LogP contribution in [0.2, 0.25) is 0 Å². The number of methoxy groups -OCH3 is 1. The molecule has 0 saturated carbocycles. The summed E-state index contributed by atoms with van der Waals surface area (Å²) in [5.74, 6) is -0.101. The molecule has 0 aromatic heterocycles. The second-order valence-corrected chi connectivity index (χ2v) is 10.4. The Balaban J connectivity index is 1.44. The van der Waals surface area contributed by atoms with Crippen LogP contribution in [-0.2, 0) is 24.4 Å². The van der Waals surface area contributed by atoms with Gasteiger partial charge in [-0.1, -0.05) is 0 Å². The Hall–Kier alpha value is -4.75. The van der Waals surface area contributed by atoms with Gasteiger partial charge in [0.2, 0.25) is 15.9 Å². The van der Waals surface area contributed by atoms with Gasteiger partial charge in [-0.25, -0.2) is 13.8 Å². The maximum atomic E-state index is 12.7. The van der Waals surface area contributed by atoms with Crippen molar-refractivity contribution in [2.75, 3.05) is 37.9 Å². The van der Waals surface area contributed by atoms with Gasteiger partial charge in [-0.15, -0.1) is 0 Å². The van der Waals surface area contributed by atoms with Crippen molar-refractivity contribution in [3.05, 3.63) is 78.4 Å². The predicted molar refractivity (Wildman–Crippen MR) is 150 cm³/mol. The standard InChI is InChI=1S/C27H29N5O7S/c1-19(33)29-21-8-14-25(15-9-21)40(36,37)32(2)17-26(34)31-28-16-20-4-10-24(11-5-20)39-18-27(35)30-22-6-12-23(38-3)13-7-22/h4-16H,17-18H2,1-3H3,(H,29,33)(H,30,35)(H,31,34)/b28-16+. The van der Waals surface area contributed by atoms with E-state index in [4.69, 9.17) is 9.47 Å². The van der Waals surface area contributed by atoms with Crippen molar-refractivity contribution in [1.82, 2.24) is 9.73 Å². The zero-order valence-electron chi connectivity index (χ0n) is 22.1. The van der Waals surface area contributed by atoms with Gasteiger partial charge in [0.1, 0.15) is 11.5 Å². The van der Waals surface area contributed by atoms with Gasteiger partial charge >= 0.3 is 0 Å². The van der Waals surface area contributed by atoms with Crippen molar-refractivity contribution >= 4 is 45.3 Å². The topological polar surface area (TPSA) is 156 Å². The van der Waals surface area contributed by atoms with Crippen LogP contribution < -0.4 is 25.5 Å². The molecule has 210 valence electrons. The molecule has 13 heteroatoms. The maximum absolute atomic E-state index is 12.7. The number of carbonyl (C=O) groups excluding carboxylic acids is 3. The molecule has 3 rings (SSSR count). The Morgan fingerprint density at radius 2 is 1.43 bits per heavy atom. The Kier molecular flexibility index (Phi) is 10.3. The van der Waals surface area contributed by atoms with Crippen LogP contribution in [0.1, 0.15) is 12.5 Å². The minimum absolute atomic E-state index is 0.0269. The van der Waals surface area contributed by atoms with Crippen LogP contribution in [0, 0.1) is 0 Å². The van der Waals surface area contributed by atoms with Crippen LogP contribution in [0.4, 0.5) is 11.4 Å². The molecule has 12 nitrogen and oxygen atoms in total. The summed E-state index contributed by atoms with van der Waals surface area (Å²) in [6.45, 7) is 0.696. The summed E-state index contributed by atoms with van der Waals surface area (Å²) in [5, 5.41) is 9.12. The van der Waals surface area contributed by atoms with Gasteiger partial charge in [0.15, 0.2) is 6.61 Å². The van der Waals surface area contributed by atoms with Crippen LogP contribution in [-0.4, -0.2) is 64.0 Å². The number of nitrogens with one attached hydrogen (secondary N) is 3. The van der Waals surface area contributed by atoms with Gasteiger partial charge in [-0.2, -0.15) is 9.41 Å². The molecule has 0 atom stereocenters. The largest absolute Gasteiger partial charge is 0.497 e. The van der Waals surface area contributed by atoms with E-state index in [1.54, 1.807) is 55.6 Å². The average Bonchev–Trinajstić information content (AvgIpc) is 2.93. The SMILES string of the molecule is COc1ccc(NC(=O)COc2ccc(/C=N/NC(=O)CN(C)S(=O)(=O)c3ccc(NC(C)=O)cc3)cc2)cc1. The molecule has 0 fully saturated rings. The Bertz CT molecular complexity index is 1460. The van der Waals surface area contributed by atoms with Crippen LogP contribution in [0.25, 0.3) is 0 Å². The van der Waals surface area contributed by atoms with Crippen LogP contribution in [0.3, 0.4) is 0 Å². The molecule has 0 radical (unpaired) electrons. The van der Waals surface area contributed by atoms with Crippen LogP contribution in [0.5, 0.6) is 11.5 Å². The van der Waals surface area contributed by atoms with Gasteiger partial charge in [0.05, 0.1) is 24.8 Å². The van der Waals surface area contributed by atoms with E-state index in [1.165, 1.54) is 44.5 Å². The first-order chi connectivity index (χ1) is 19.1. The minimum atomic E-state index is -3.93. The molecule has 3 amide bonds. The van der Waals surface area contributed by atoms with Gasteiger partial charge in [0, 0.05) is 25.3 Å². The van der Waals surface area contributed by atoms with E-state index in [0.717, 1.165) is 4.31 Å². The van der Waals surface area contributed by atoms with Gasteiger partial charge in [-0.3, -0.25) is 14.4 Å². The van der Waals surface area contributed by atoms with Crippen molar-refractivity contribution in [3.8, 4) is 11.5 Å². The number of ether oxygens (including phenoxy) is 2. The molecule has 0 saturated heterocycles. The molecule has 40 heavy (non-hydrogen) atoms. The lowest BCUT2D eigenvalue weighted by Gasteiger charge is -2.16. The van der Waals surface area contributed by atoms with E-state index >= 15 is 0 Å². The van der Waals surface area contributed by atoms with Crippen LogP contribution in [0.15, 0.2) is 82.8 Å². The summed E-state index contributed by atoms with van der Waals surface area (Å²) < 4.78 is 36.9. The van der Waals surface area contributed by atoms with E-state index < -0.39 is 22.5 Å². The molecule has 3 aromatic carbocycles.